The van der Waals surface area contributed by atoms with Crippen molar-refractivity contribution in [2.24, 2.45) is 0 Å². The normalized spacial score (nSPS) is 10.6. The first-order valence-electron chi connectivity index (χ1n) is 7.43. The van der Waals surface area contributed by atoms with Gasteiger partial charge in [-0.3, -0.25) is 9.59 Å². The van der Waals surface area contributed by atoms with Crippen LogP contribution in [-0.2, 0) is 16.1 Å². The molecular weight excluding hydrogens is 364 g/mol. The summed E-state index contributed by atoms with van der Waals surface area (Å²) in [7, 11) is 0. The van der Waals surface area contributed by atoms with Crippen LogP contribution < -0.4 is 0 Å². The van der Waals surface area contributed by atoms with Gasteiger partial charge in [-0.05, 0) is 23.6 Å². The van der Waals surface area contributed by atoms with Gasteiger partial charge in [0.2, 0.25) is 5.89 Å². The fourth-order valence-electron chi connectivity index (χ4n) is 2.05. The Hall–Kier alpha value is -2.51. The van der Waals surface area contributed by atoms with Crippen LogP contribution in [0.15, 0.2) is 46.2 Å². The van der Waals surface area contributed by atoms with Crippen LogP contribution in [0.1, 0.15) is 28.4 Å². The Labute approximate surface area is 152 Å². The lowest BCUT2D eigenvalue weighted by atomic mass is 10.2. The summed E-state index contributed by atoms with van der Waals surface area (Å²) < 4.78 is 10.5. The van der Waals surface area contributed by atoms with Gasteiger partial charge in [-0.1, -0.05) is 29.8 Å². The van der Waals surface area contributed by atoms with Gasteiger partial charge in [0.05, 0.1) is 21.9 Å². The monoisotopic (exact) mass is 376 g/mol. The Bertz CT molecular complexity index is 876. The summed E-state index contributed by atoms with van der Waals surface area (Å²) in [6, 6.07) is 10.6. The second-order valence-corrected chi connectivity index (χ2v) is 6.40. The molecule has 0 spiro atoms. The van der Waals surface area contributed by atoms with E-state index in [1.165, 1.54) is 11.3 Å². The van der Waals surface area contributed by atoms with Crippen molar-refractivity contribution in [1.82, 2.24) is 10.2 Å². The van der Waals surface area contributed by atoms with Gasteiger partial charge in [-0.25, -0.2) is 0 Å². The minimum absolute atomic E-state index is 0.00222. The van der Waals surface area contributed by atoms with Crippen molar-refractivity contribution in [1.29, 1.82) is 0 Å². The van der Waals surface area contributed by atoms with Crippen LogP contribution in [0.3, 0.4) is 0 Å². The third kappa shape index (κ3) is 4.52. The molecule has 1 aromatic carbocycles. The molecule has 3 rings (SSSR count). The minimum Gasteiger partial charge on any atom is -0.456 e. The summed E-state index contributed by atoms with van der Waals surface area (Å²) in [5.41, 5.74) is 0.607. The van der Waals surface area contributed by atoms with Gasteiger partial charge >= 0.3 is 5.97 Å². The molecule has 0 radical (unpaired) electrons. The highest BCUT2D eigenvalue weighted by Crippen LogP contribution is 2.26. The van der Waals surface area contributed by atoms with Gasteiger partial charge < -0.3 is 9.15 Å². The van der Waals surface area contributed by atoms with Crippen molar-refractivity contribution in [2.45, 2.75) is 19.4 Å². The van der Waals surface area contributed by atoms with Crippen LogP contribution in [-0.4, -0.2) is 21.9 Å². The molecule has 25 heavy (non-hydrogen) atoms. The summed E-state index contributed by atoms with van der Waals surface area (Å²) in [6.45, 7) is -0.149. The average Bonchev–Trinajstić information content (AvgIpc) is 3.30. The standard InChI is InChI=1S/C17H13ClN2O4S/c18-12-5-2-1-4-11(12)17-20-19-15(24-17)10-23-16(22)8-7-13(21)14-6-3-9-25-14/h1-6,9H,7-8,10H2. The summed E-state index contributed by atoms with van der Waals surface area (Å²) >= 11 is 7.41. The number of ether oxygens (including phenoxy) is 1. The summed E-state index contributed by atoms with van der Waals surface area (Å²) in [5, 5.41) is 10.0. The Balaban J connectivity index is 1.50. The Morgan fingerprint density at radius 3 is 2.72 bits per heavy atom. The molecule has 0 aliphatic rings. The van der Waals surface area contributed by atoms with Crippen molar-refractivity contribution in [3.63, 3.8) is 0 Å². The lowest BCUT2D eigenvalue weighted by molar-refractivity contribution is -0.145. The predicted molar refractivity (Wildman–Crippen MR) is 92.4 cm³/mol. The average molecular weight is 377 g/mol. The van der Waals surface area contributed by atoms with E-state index in [0.717, 1.165) is 0 Å². The van der Waals surface area contributed by atoms with E-state index >= 15 is 0 Å². The quantitative estimate of drug-likeness (QED) is 0.455. The summed E-state index contributed by atoms with van der Waals surface area (Å²) in [6.07, 6.45) is 0.107. The van der Waals surface area contributed by atoms with E-state index in [4.69, 9.17) is 20.8 Å². The molecule has 0 aliphatic heterocycles. The molecule has 2 aromatic heterocycles. The molecule has 0 fully saturated rings. The molecule has 0 saturated carbocycles. The van der Waals surface area contributed by atoms with Crippen LogP contribution in [0.4, 0.5) is 0 Å². The van der Waals surface area contributed by atoms with Crippen LogP contribution in [0.5, 0.6) is 0 Å². The zero-order valence-corrected chi connectivity index (χ0v) is 14.5. The number of ketones is 1. The number of halogens is 1. The Morgan fingerprint density at radius 1 is 1.12 bits per heavy atom. The van der Waals surface area contributed by atoms with Crippen molar-refractivity contribution in [2.75, 3.05) is 0 Å². The van der Waals surface area contributed by atoms with Gasteiger partial charge in [-0.2, -0.15) is 0 Å². The molecule has 128 valence electrons. The lowest BCUT2D eigenvalue weighted by Crippen LogP contribution is -2.07. The second kappa shape index (κ2) is 8.04. The van der Waals surface area contributed by atoms with Gasteiger partial charge in [0.1, 0.15) is 0 Å². The molecule has 3 aromatic rings. The molecule has 8 heteroatoms. The summed E-state index contributed by atoms with van der Waals surface area (Å²) in [4.78, 5) is 24.2. The number of carbonyl (C=O) groups excluding carboxylic acids is 2. The van der Waals surface area contributed by atoms with Crippen LogP contribution in [0.2, 0.25) is 5.02 Å². The van der Waals surface area contributed by atoms with Crippen LogP contribution in [0.25, 0.3) is 11.5 Å². The third-order valence-electron chi connectivity index (χ3n) is 3.28. The fraction of sp³-hybridized carbons (Fsp3) is 0.176. The first-order valence-corrected chi connectivity index (χ1v) is 8.69. The molecule has 0 unspecified atom stereocenters. The lowest BCUT2D eigenvalue weighted by Gasteiger charge is -2.01. The number of rotatable bonds is 7. The number of aromatic nitrogens is 2. The molecule has 0 amide bonds. The van der Waals surface area contributed by atoms with Gasteiger partial charge in [0.15, 0.2) is 12.4 Å². The van der Waals surface area contributed by atoms with Crippen molar-refractivity contribution in [3.05, 3.63) is 57.6 Å². The number of esters is 1. The molecule has 6 nitrogen and oxygen atoms in total. The predicted octanol–water partition coefficient (Wildman–Crippen LogP) is 4.16. The van der Waals surface area contributed by atoms with E-state index in [2.05, 4.69) is 10.2 Å². The van der Waals surface area contributed by atoms with Crippen molar-refractivity contribution >= 4 is 34.7 Å². The fourth-order valence-corrected chi connectivity index (χ4v) is 2.96. The van der Waals surface area contributed by atoms with Gasteiger partial charge in [-0.15, -0.1) is 21.5 Å². The van der Waals surface area contributed by atoms with Gasteiger partial charge in [0.25, 0.3) is 5.89 Å². The second-order valence-electron chi connectivity index (χ2n) is 5.04. The smallest absolute Gasteiger partial charge is 0.306 e. The third-order valence-corrected chi connectivity index (χ3v) is 4.52. The van der Waals surface area contributed by atoms with Crippen molar-refractivity contribution in [3.8, 4) is 11.5 Å². The zero-order chi connectivity index (χ0) is 17.6. The van der Waals surface area contributed by atoms with E-state index in [1.54, 1.807) is 36.4 Å². The molecule has 2 heterocycles. The Kier molecular flexibility index (Phi) is 5.57. The van der Waals surface area contributed by atoms with Crippen molar-refractivity contribution < 1.29 is 18.7 Å². The first kappa shape index (κ1) is 17.3. The van der Waals surface area contributed by atoms with E-state index < -0.39 is 5.97 Å². The zero-order valence-electron chi connectivity index (χ0n) is 13.0. The maximum absolute atomic E-state index is 11.8. The summed E-state index contributed by atoms with van der Waals surface area (Å²) in [5.74, 6) is -0.162. The number of hydrogen-bond donors (Lipinski definition) is 0. The van der Waals surface area contributed by atoms with Gasteiger partial charge in [0, 0.05) is 6.42 Å². The number of hydrogen-bond acceptors (Lipinski definition) is 7. The largest absolute Gasteiger partial charge is 0.456 e. The van der Waals surface area contributed by atoms with E-state index in [9.17, 15) is 9.59 Å². The highest BCUT2D eigenvalue weighted by atomic mass is 35.5. The number of thiophene rings is 1. The first-order chi connectivity index (χ1) is 12.1. The number of carbonyl (C=O) groups is 2. The number of Topliss-reactive ketones (excluding diaryl/α,β-unsaturated/α-hetero) is 1. The highest BCUT2D eigenvalue weighted by Gasteiger charge is 2.14. The maximum atomic E-state index is 11.8. The van der Waals surface area contributed by atoms with E-state index in [0.29, 0.717) is 15.5 Å². The molecule has 0 bridgehead atoms. The maximum Gasteiger partial charge on any atom is 0.306 e. The van der Waals surface area contributed by atoms with Crippen LogP contribution in [0, 0.1) is 0 Å². The molecule has 0 N–H and O–H groups in total. The number of nitrogens with zero attached hydrogens (tertiary/aromatic N) is 2. The molecule has 0 aliphatic carbocycles. The topological polar surface area (TPSA) is 82.3 Å². The SMILES string of the molecule is O=C(CCC(=O)c1cccs1)OCc1nnc(-c2ccccc2Cl)o1. The molecular formula is C17H13ClN2O4S. The highest BCUT2D eigenvalue weighted by molar-refractivity contribution is 7.12. The number of benzene rings is 1. The molecule has 0 atom stereocenters. The molecule has 0 saturated heterocycles. The van der Waals surface area contributed by atoms with E-state index in [-0.39, 0.29) is 37.0 Å². The minimum atomic E-state index is -0.498. The van der Waals surface area contributed by atoms with E-state index in [1.807, 2.05) is 5.38 Å². The van der Waals surface area contributed by atoms with Crippen LogP contribution >= 0.6 is 22.9 Å². The Morgan fingerprint density at radius 2 is 1.96 bits per heavy atom.